The normalized spacial score (nSPS) is 29.8. The lowest BCUT2D eigenvalue weighted by Gasteiger charge is -2.35. The smallest absolute Gasteiger partial charge is 0.291 e. The zero-order valence-electron chi connectivity index (χ0n) is 21.8. The summed E-state index contributed by atoms with van der Waals surface area (Å²) in [5, 5.41) is 44.2. The van der Waals surface area contributed by atoms with Gasteiger partial charge in [0, 0.05) is 23.9 Å². The lowest BCUT2D eigenvalue weighted by molar-refractivity contribution is -0.134. The van der Waals surface area contributed by atoms with Crippen LogP contribution in [-0.2, 0) is 10.3 Å². The summed E-state index contributed by atoms with van der Waals surface area (Å²) in [5.74, 6) is -0.428. The Bertz CT molecular complexity index is 1350. The number of aromatic nitrogens is 2. The van der Waals surface area contributed by atoms with E-state index in [4.69, 9.17) is 10.00 Å². The van der Waals surface area contributed by atoms with E-state index in [1.165, 1.54) is 6.20 Å². The van der Waals surface area contributed by atoms with Crippen molar-refractivity contribution in [3.05, 3.63) is 65.3 Å². The Hall–Kier alpha value is -3.29. The third-order valence-corrected chi connectivity index (χ3v) is 8.22. The number of hydrogen-bond acceptors (Lipinski definition) is 7. The predicted octanol–water partition coefficient (Wildman–Crippen LogP) is 3.55. The second-order valence-corrected chi connectivity index (χ2v) is 11.6. The lowest BCUT2D eigenvalue weighted by atomic mass is 9.74. The van der Waals surface area contributed by atoms with Crippen molar-refractivity contribution in [2.45, 2.75) is 69.2 Å². The number of aliphatic hydroxyl groups excluding tert-OH is 2. The maximum atomic E-state index is 13.0. The monoisotopic (exact) mass is 518 g/mol. The number of H-pyrrole nitrogens is 1. The largest absolute Gasteiger partial charge is 0.393 e. The van der Waals surface area contributed by atoms with Gasteiger partial charge in [-0.25, -0.2) is 4.98 Å². The van der Waals surface area contributed by atoms with Crippen LogP contribution in [0.1, 0.15) is 79.8 Å². The zero-order valence-corrected chi connectivity index (χ0v) is 21.8. The first-order valence-electron chi connectivity index (χ1n) is 13.0. The van der Waals surface area contributed by atoms with Crippen LogP contribution in [0.25, 0.3) is 5.57 Å². The quantitative estimate of drug-likeness (QED) is 0.367. The van der Waals surface area contributed by atoms with Crippen LogP contribution < -0.4 is 5.32 Å². The Morgan fingerprint density at radius 3 is 2.61 bits per heavy atom. The van der Waals surface area contributed by atoms with Gasteiger partial charge in [0.2, 0.25) is 0 Å². The molecule has 0 spiro atoms. The highest BCUT2D eigenvalue weighted by Crippen LogP contribution is 2.49. The molecule has 0 unspecified atom stereocenters. The molecule has 200 valence electrons. The summed E-state index contributed by atoms with van der Waals surface area (Å²) >= 11 is 0. The molecule has 3 heterocycles. The topological polar surface area (TPSA) is 151 Å². The molecule has 2 aliphatic heterocycles. The standard InChI is InChI=1S/C29H34N4O5/c1-26(2)7-5-19(6-8-26)22-13-20(3-4-23(22)33-25(36)24-31-15-21(14-30)32-24)29(37)12-11-27(17-34)9-10-28(16-29,18-35)38-27/h3-5,9-10,13,15,34-35,37H,6-8,11-12,16-18H2,1-2H3,(H,31,32)(H,33,36)/t27-,28+,29+/m1/s1. The number of benzene rings is 1. The Balaban J connectivity index is 1.53. The molecule has 1 fully saturated rings. The number of anilines is 1. The Morgan fingerprint density at radius 2 is 1.95 bits per heavy atom. The van der Waals surface area contributed by atoms with Gasteiger partial charge >= 0.3 is 0 Å². The number of allylic oxidation sites excluding steroid dienone is 2. The van der Waals surface area contributed by atoms with Crippen LogP contribution in [0.3, 0.4) is 0 Å². The van der Waals surface area contributed by atoms with Crippen LogP contribution in [0.5, 0.6) is 0 Å². The Morgan fingerprint density at radius 1 is 1.18 bits per heavy atom. The van der Waals surface area contributed by atoms with Crippen LogP contribution in [0.4, 0.5) is 5.69 Å². The third-order valence-electron chi connectivity index (χ3n) is 8.22. The molecule has 1 aromatic carbocycles. The Labute approximate surface area is 221 Å². The second-order valence-electron chi connectivity index (χ2n) is 11.6. The summed E-state index contributed by atoms with van der Waals surface area (Å²) in [6, 6.07) is 7.39. The van der Waals surface area contributed by atoms with Crippen molar-refractivity contribution in [2.24, 2.45) is 5.41 Å². The van der Waals surface area contributed by atoms with Crippen LogP contribution >= 0.6 is 0 Å². The minimum atomic E-state index is -1.32. The molecule has 5 N–H and O–H groups in total. The maximum Gasteiger partial charge on any atom is 0.291 e. The number of hydrogen-bond donors (Lipinski definition) is 5. The van der Waals surface area contributed by atoms with Gasteiger partial charge in [-0.2, -0.15) is 5.26 Å². The van der Waals surface area contributed by atoms with E-state index in [-0.39, 0.29) is 36.6 Å². The van der Waals surface area contributed by atoms with Crippen molar-refractivity contribution in [1.82, 2.24) is 9.97 Å². The average Bonchev–Trinajstić information content (AvgIpc) is 3.50. The molecule has 2 aromatic rings. The van der Waals surface area contributed by atoms with E-state index in [0.717, 1.165) is 30.4 Å². The van der Waals surface area contributed by atoms with Gasteiger partial charge in [-0.05, 0) is 60.8 Å². The number of aliphatic hydroxyl groups is 3. The molecule has 1 saturated heterocycles. The molecule has 3 atom stereocenters. The van der Waals surface area contributed by atoms with Gasteiger partial charge in [-0.3, -0.25) is 4.79 Å². The number of ether oxygens (including phenoxy) is 1. The number of carbonyl (C=O) groups is 1. The van der Waals surface area contributed by atoms with Crippen molar-refractivity contribution in [1.29, 1.82) is 5.26 Å². The van der Waals surface area contributed by atoms with Gasteiger partial charge in [0.05, 0.1) is 18.8 Å². The Kier molecular flexibility index (Phi) is 6.56. The highest BCUT2D eigenvalue weighted by Gasteiger charge is 2.53. The lowest BCUT2D eigenvalue weighted by Crippen LogP contribution is -2.42. The van der Waals surface area contributed by atoms with Crippen molar-refractivity contribution in [3.8, 4) is 6.07 Å². The van der Waals surface area contributed by atoms with Gasteiger partial charge in [-0.15, -0.1) is 0 Å². The average molecular weight is 519 g/mol. The summed E-state index contributed by atoms with van der Waals surface area (Å²) in [7, 11) is 0. The zero-order chi connectivity index (χ0) is 27.2. The molecule has 0 radical (unpaired) electrons. The van der Waals surface area contributed by atoms with Gasteiger partial charge in [0.1, 0.15) is 17.3 Å². The van der Waals surface area contributed by atoms with E-state index >= 15 is 0 Å². The summed E-state index contributed by atoms with van der Waals surface area (Å²) in [4.78, 5) is 19.7. The van der Waals surface area contributed by atoms with Crippen molar-refractivity contribution >= 4 is 17.2 Å². The third kappa shape index (κ3) is 4.81. The highest BCUT2D eigenvalue weighted by atomic mass is 16.5. The molecule has 5 rings (SSSR count). The van der Waals surface area contributed by atoms with E-state index in [1.54, 1.807) is 24.3 Å². The first-order valence-corrected chi connectivity index (χ1v) is 13.0. The molecule has 1 aromatic heterocycles. The molecule has 0 saturated carbocycles. The fourth-order valence-electron chi connectivity index (χ4n) is 5.77. The molecule has 9 heteroatoms. The number of aromatic amines is 1. The second kappa shape index (κ2) is 9.47. The number of nitrogens with zero attached hydrogens (tertiary/aromatic N) is 2. The molecule has 38 heavy (non-hydrogen) atoms. The summed E-state index contributed by atoms with van der Waals surface area (Å²) < 4.78 is 6.15. The molecular formula is C29H34N4O5. The summed E-state index contributed by atoms with van der Waals surface area (Å²) in [6.45, 7) is 3.90. The van der Waals surface area contributed by atoms with Gasteiger partial charge in [0.25, 0.3) is 5.91 Å². The van der Waals surface area contributed by atoms with Gasteiger partial charge in [-0.1, -0.05) is 38.1 Å². The van der Waals surface area contributed by atoms with Crippen molar-refractivity contribution in [3.63, 3.8) is 0 Å². The van der Waals surface area contributed by atoms with Crippen LogP contribution in [0.15, 0.2) is 42.6 Å². The van der Waals surface area contributed by atoms with Crippen LogP contribution in [0, 0.1) is 16.7 Å². The number of fused-ring (bicyclic) bond motifs is 2. The van der Waals surface area contributed by atoms with Crippen LogP contribution in [-0.4, -0.2) is 55.6 Å². The molecule has 9 nitrogen and oxygen atoms in total. The molecule has 2 bridgehead atoms. The van der Waals surface area contributed by atoms with Crippen molar-refractivity contribution < 1.29 is 24.9 Å². The number of rotatable bonds is 6. The minimum Gasteiger partial charge on any atom is -0.393 e. The number of imidazole rings is 1. The van der Waals surface area contributed by atoms with E-state index in [9.17, 15) is 20.1 Å². The first kappa shape index (κ1) is 26.3. The van der Waals surface area contributed by atoms with E-state index in [2.05, 4.69) is 35.2 Å². The predicted molar refractivity (Wildman–Crippen MR) is 141 cm³/mol. The fourth-order valence-corrected chi connectivity index (χ4v) is 5.77. The summed E-state index contributed by atoms with van der Waals surface area (Å²) in [6.07, 6.45) is 10.7. The van der Waals surface area contributed by atoms with Crippen LogP contribution in [0.2, 0.25) is 0 Å². The number of nitrogens with one attached hydrogen (secondary N) is 2. The fraction of sp³-hybridized carbons (Fsp3) is 0.483. The highest BCUT2D eigenvalue weighted by molar-refractivity contribution is 6.03. The minimum absolute atomic E-state index is 0.0388. The molecular weight excluding hydrogens is 484 g/mol. The maximum absolute atomic E-state index is 13.0. The molecule has 1 amide bonds. The van der Waals surface area contributed by atoms with Gasteiger partial charge in [0.15, 0.2) is 11.5 Å². The molecule has 1 aliphatic carbocycles. The van der Waals surface area contributed by atoms with E-state index in [0.29, 0.717) is 24.1 Å². The summed E-state index contributed by atoms with van der Waals surface area (Å²) in [5.41, 5.74) is 0.108. The van der Waals surface area contributed by atoms with Crippen molar-refractivity contribution in [2.75, 3.05) is 18.5 Å². The number of carbonyl (C=O) groups excluding carboxylic acids is 1. The first-order chi connectivity index (χ1) is 18.0. The number of amides is 1. The van der Waals surface area contributed by atoms with E-state index < -0.39 is 22.7 Å². The van der Waals surface area contributed by atoms with E-state index in [1.807, 2.05) is 12.1 Å². The van der Waals surface area contributed by atoms with Gasteiger partial charge < -0.3 is 30.4 Å². The molecule has 3 aliphatic rings. The SMILES string of the molecule is CC1(C)CC=C(c2cc([C@]3(O)CC[C@@]4(CO)C=C[C@@](CO)(C3)O4)ccc2NC(=O)c2nc(C#N)c[nH]2)CC1. The number of nitriles is 1.